The molecule has 2 heteroatoms. The van der Waals surface area contributed by atoms with Crippen LogP contribution in [0.25, 0.3) is 22.3 Å². The molecule has 2 nitrogen and oxygen atoms in total. The summed E-state index contributed by atoms with van der Waals surface area (Å²) < 4.78 is 6.63. The SMILES string of the molecule is CCC(CC(C)c1ccc(Oc2ccc(C3(c4cc(C)cc(C)c4)c4ccccc4-c4ccc(N(c5ccccc5)c5ccc(-c6ccccc6)cc5)cc43)cc2)cc1)c1ccc2c(c1)CC2. The minimum absolute atomic E-state index is 0.448. The van der Waals surface area contributed by atoms with Crippen LogP contribution in [0, 0.1) is 13.8 Å². The summed E-state index contributed by atoms with van der Waals surface area (Å²) in [5, 5.41) is 0. The zero-order valence-corrected chi connectivity index (χ0v) is 39.0. The highest BCUT2D eigenvalue weighted by Crippen LogP contribution is 2.58. The van der Waals surface area contributed by atoms with Gasteiger partial charge in [-0.1, -0.05) is 177 Å². The molecular weight excluding hydrogens is 811 g/mol. The summed E-state index contributed by atoms with van der Waals surface area (Å²) in [6.07, 6.45) is 4.76. The van der Waals surface area contributed by atoms with E-state index in [0.29, 0.717) is 11.8 Å². The van der Waals surface area contributed by atoms with Crippen molar-refractivity contribution < 1.29 is 4.74 Å². The van der Waals surface area contributed by atoms with Gasteiger partial charge in [0.25, 0.3) is 0 Å². The third-order valence-corrected chi connectivity index (χ3v) is 14.7. The highest BCUT2D eigenvalue weighted by molar-refractivity contribution is 5.90. The number of hydrogen-bond acceptors (Lipinski definition) is 2. The molecular formula is C65H57NO. The normalized spacial score (nSPS) is 15.4. The lowest BCUT2D eigenvalue weighted by Crippen LogP contribution is -2.29. The molecule has 0 saturated heterocycles. The van der Waals surface area contributed by atoms with Gasteiger partial charge in [0.05, 0.1) is 5.41 Å². The summed E-state index contributed by atoms with van der Waals surface area (Å²) in [5.74, 6) is 2.68. The maximum Gasteiger partial charge on any atom is 0.127 e. The zero-order valence-electron chi connectivity index (χ0n) is 39.0. The van der Waals surface area contributed by atoms with Gasteiger partial charge >= 0.3 is 0 Å². The van der Waals surface area contributed by atoms with Crippen LogP contribution in [-0.2, 0) is 18.3 Å². The Bertz CT molecular complexity index is 3170. The molecule has 328 valence electrons. The van der Waals surface area contributed by atoms with Crippen molar-refractivity contribution >= 4 is 17.1 Å². The van der Waals surface area contributed by atoms with Crippen molar-refractivity contribution in [3.8, 4) is 33.8 Å². The number of fused-ring (bicyclic) bond motifs is 4. The topological polar surface area (TPSA) is 12.5 Å². The number of nitrogens with zero attached hydrogens (tertiary/aromatic N) is 1. The molecule has 0 radical (unpaired) electrons. The second kappa shape index (κ2) is 17.8. The summed E-state index contributed by atoms with van der Waals surface area (Å²) >= 11 is 0. The fourth-order valence-electron chi connectivity index (χ4n) is 11.2. The molecule has 67 heavy (non-hydrogen) atoms. The Morgan fingerprint density at radius 2 is 1.06 bits per heavy atom. The van der Waals surface area contributed by atoms with Crippen LogP contribution in [0.1, 0.15) is 94.2 Å². The Hall–Kier alpha value is -7.42. The molecule has 9 aromatic carbocycles. The van der Waals surface area contributed by atoms with Crippen molar-refractivity contribution in [2.45, 2.75) is 70.6 Å². The molecule has 0 amide bonds. The van der Waals surface area contributed by atoms with E-state index in [1.807, 2.05) is 0 Å². The first-order valence-electron chi connectivity index (χ1n) is 24.2. The largest absolute Gasteiger partial charge is 0.457 e. The van der Waals surface area contributed by atoms with E-state index in [-0.39, 0.29) is 0 Å². The summed E-state index contributed by atoms with van der Waals surface area (Å²) in [6, 6.07) is 78.4. The van der Waals surface area contributed by atoms with E-state index in [9.17, 15) is 0 Å². The monoisotopic (exact) mass is 867 g/mol. The molecule has 0 bridgehead atoms. The summed E-state index contributed by atoms with van der Waals surface area (Å²) in [4.78, 5) is 2.39. The molecule has 2 aliphatic rings. The maximum absolute atomic E-state index is 6.63. The second-order valence-electron chi connectivity index (χ2n) is 19.0. The van der Waals surface area contributed by atoms with E-state index in [0.717, 1.165) is 41.4 Å². The van der Waals surface area contributed by atoms with Crippen LogP contribution < -0.4 is 9.64 Å². The van der Waals surface area contributed by atoms with E-state index >= 15 is 0 Å². The number of ether oxygens (including phenoxy) is 1. The number of aryl methyl sites for hydroxylation is 4. The molecule has 0 aliphatic heterocycles. The molecule has 0 heterocycles. The molecule has 3 atom stereocenters. The Morgan fingerprint density at radius 1 is 0.478 bits per heavy atom. The average molecular weight is 868 g/mol. The lowest BCUT2D eigenvalue weighted by atomic mass is 9.67. The third kappa shape index (κ3) is 7.85. The Labute approximate surface area is 397 Å². The zero-order chi connectivity index (χ0) is 45.5. The number of hydrogen-bond donors (Lipinski definition) is 0. The first kappa shape index (κ1) is 42.2. The van der Waals surface area contributed by atoms with Crippen molar-refractivity contribution in [2.75, 3.05) is 4.90 Å². The van der Waals surface area contributed by atoms with Gasteiger partial charge in [0.2, 0.25) is 0 Å². The average Bonchev–Trinajstić information content (AvgIpc) is 3.65. The number of benzene rings is 9. The van der Waals surface area contributed by atoms with Crippen molar-refractivity contribution in [1.82, 2.24) is 0 Å². The first-order chi connectivity index (χ1) is 32.8. The van der Waals surface area contributed by atoms with Crippen LogP contribution >= 0.6 is 0 Å². The molecule has 9 aromatic rings. The molecule has 0 spiro atoms. The summed E-state index contributed by atoms with van der Waals surface area (Å²) in [7, 11) is 0. The predicted octanol–water partition coefficient (Wildman–Crippen LogP) is 17.4. The summed E-state index contributed by atoms with van der Waals surface area (Å²) in [5.41, 5.74) is 21.1. The van der Waals surface area contributed by atoms with Crippen LogP contribution in [0.3, 0.4) is 0 Å². The minimum Gasteiger partial charge on any atom is -0.457 e. The lowest BCUT2D eigenvalue weighted by Gasteiger charge is -2.35. The van der Waals surface area contributed by atoms with E-state index in [1.165, 1.54) is 85.2 Å². The van der Waals surface area contributed by atoms with E-state index in [4.69, 9.17) is 4.74 Å². The van der Waals surface area contributed by atoms with E-state index in [1.54, 1.807) is 5.56 Å². The molecule has 0 saturated carbocycles. The number of para-hydroxylation sites is 1. The van der Waals surface area contributed by atoms with Crippen LogP contribution in [0.15, 0.2) is 212 Å². The van der Waals surface area contributed by atoms with Gasteiger partial charge < -0.3 is 9.64 Å². The van der Waals surface area contributed by atoms with Crippen molar-refractivity contribution in [1.29, 1.82) is 0 Å². The quantitative estimate of drug-likeness (QED) is 0.114. The van der Waals surface area contributed by atoms with Gasteiger partial charge in [-0.2, -0.15) is 0 Å². The van der Waals surface area contributed by atoms with Gasteiger partial charge in [-0.25, -0.2) is 0 Å². The molecule has 0 N–H and O–H groups in total. The lowest BCUT2D eigenvalue weighted by molar-refractivity contribution is 0.481. The van der Waals surface area contributed by atoms with Gasteiger partial charge in [0.15, 0.2) is 0 Å². The van der Waals surface area contributed by atoms with Crippen LogP contribution in [0.4, 0.5) is 17.1 Å². The number of anilines is 3. The molecule has 0 aromatic heterocycles. The fraction of sp³-hybridized carbons (Fsp3) is 0.169. The number of rotatable bonds is 13. The van der Waals surface area contributed by atoms with Crippen molar-refractivity contribution in [2.24, 2.45) is 0 Å². The maximum atomic E-state index is 6.63. The van der Waals surface area contributed by atoms with Crippen LogP contribution in [0.5, 0.6) is 11.5 Å². The highest BCUT2D eigenvalue weighted by atomic mass is 16.5. The van der Waals surface area contributed by atoms with Crippen LogP contribution in [0.2, 0.25) is 0 Å². The Kier molecular flexibility index (Phi) is 11.2. The molecule has 2 aliphatic carbocycles. The standard InChI is InChI=1S/C65H57NO/c1-5-47(52-22-20-51-21-23-53(51)42-52)41-46(4)48-26-33-59(34-27-48)67-60-35-28-54(29-36-60)65(55-39-44(2)38-45(3)40-55)63-19-13-12-18-61(63)62-37-32-58(43-64(62)65)66(56-16-10-7-11-17-56)57-30-24-50(25-31-57)49-14-8-6-9-15-49/h6-20,22,24-40,42-43,46-47H,5,21,23,41H2,1-4H3. The third-order valence-electron chi connectivity index (χ3n) is 14.7. The molecule has 11 rings (SSSR count). The smallest absolute Gasteiger partial charge is 0.127 e. The fourth-order valence-corrected chi connectivity index (χ4v) is 11.2. The highest BCUT2D eigenvalue weighted by Gasteiger charge is 2.46. The van der Waals surface area contributed by atoms with Crippen molar-refractivity contribution in [3.05, 3.63) is 268 Å². The molecule has 3 unspecified atom stereocenters. The van der Waals surface area contributed by atoms with E-state index in [2.05, 4.69) is 245 Å². The van der Waals surface area contributed by atoms with Crippen LogP contribution in [-0.4, -0.2) is 0 Å². The molecule has 0 fully saturated rings. The van der Waals surface area contributed by atoms with Crippen molar-refractivity contribution in [3.63, 3.8) is 0 Å². The first-order valence-corrected chi connectivity index (χ1v) is 24.2. The second-order valence-corrected chi connectivity index (χ2v) is 19.0. The van der Waals surface area contributed by atoms with Gasteiger partial charge in [-0.05, 0) is 179 Å². The minimum atomic E-state index is -0.592. The van der Waals surface area contributed by atoms with Gasteiger partial charge in [0.1, 0.15) is 11.5 Å². The van der Waals surface area contributed by atoms with Gasteiger partial charge in [-0.3, -0.25) is 0 Å². The van der Waals surface area contributed by atoms with Gasteiger partial charge in [0, 0.05) is 17.1 Å². The summed E-state index contributed by atoms with van der Waals surface area (Å²) in [6.45, 7) is 9.14. The Balaban J connectivity index is 0.953. The van der Waals surface area contributed by atoms with E-state index < -0.39 is 5.41 Å². The predicted molar refractivity (Wildman–Crippen MR) is 280 cm³/mol. The Morgan fingerprint density at radius 3 is 1.73 bits per heavy atom. The van der Waals surface area contributed by atoms with Gasteiger partial charge in [-0.15, -0.1) is 0 Å².